The Morgan fingerprint density at radius 2 is 2.27 bits per heavy atom. The Kier molecular flexibility index (Phi) is 5.57. The molecule has 1 heterocycles. The zero-order valence-corrected chi connectivity index (χ0v) is 13.9. The number of carbonyl (C=O) groups excluding carboxylic acids is 1. The minimum Gasteiger partial charge on any atom is -0.508 e. The molecule has 0 spiro atoms. The number of carbonyl (C=O) groups is 1. The maximum Gasteiger partial charge on any atom is 0.240 e. The number of rotatable bonds is 6. The van der Waals surface area contributed by atoms with Crippen LogP contribution in [0, 0.1) is 0 Å². The number of aromatic hydroxyl groups is 1. The quantitative estimate of drug-likeness (QED) is 0.726. The van der Waals surface area contributed by atoms with Gasteiger partial charge >= 0.3 is 0 Å². The van der Waals surface area contributed by atoms with Gasteiger partial charge in [-0.3, -0.25) is 9.89 Å². The zero-order chi connectivity index (χ0) is 16.1. The van der Waals surface area contributed by atoms with E-state index in [0.717, 1.165) is 10.2 Å². The average molecular weight is 367 g/mol. The molecule has 2 aromatic rings. The van der Waals surface area contributed by atoms with E-state index in [1.165, 1.54) is 0 Å². The number of nitrogens with one attached hydrogen (secondary N) is 1. The first-order valence-corrected chi connectivity index (χ1v) is 7.80. The Hall–Kier alpha value is -1.86. The highest BCUT2D eigenvalue weighted by molar-refractivity contribution is 9.10. The lowest BCUT2D eigenvalue weighted by molar-refractivity contribution is -0.133. The molecule has 0 aliphatic carbocycles. The second kappa shape index (κ2) is 7.42. The van der Waals surface area contributed by atoms with E-state index >= 15 is 0 Å². The molecular formula is C15H19BrN4O2. The molecule has 1 aromatic carbocycles. The van der Waals surface area contributed by atoms with E-state index in [1.54, 1.807) is 35.4 Å². The summed E-state index contributed by atoms with van der Waals surface area (Å²) in [6, 6.07) is 6.30. The molecule has 0 saturated heterocycles. The van der Waals surface area contributed by atoms with Gasteiger partial charge in [0.05, 0.1) is 6.04 Å². The van der Waals surface area contributed by atoms with Crippen molar-refractivity contribution >= 4 is 21.8 Å². The maximum atomic E-state index is 12.5. The van der Waals surface area contributed by atoms with Crippen molar-refractivity contribution < 1.29 is 9.90 Å². The van der Waals surface area contributed by atoms with E-state index in [-0.39, 0.29) is 11.7 Å². The molecule has 118 valence electrons. The number of amides is 1. The summed E-state index contributed by atoms with van der Waals surface area (Å²) in [7, 11) is 0. The third kappa shape index (κ3) is 4.08. The van der Waals surface area contributed by atoms with Crippen LogP contribution >= 0.6 is 15.9 Å². The van der Waals surface area contributed by atoms with Crippen LogP contribution in [0.3, 0.4) is 0 Å². The Morgan fingerprint density at radius 1 is 1.50 bits per heavy atom. The van der Waals surface area contributed by atoms with Gasteiger partial charge in [-0.25, -0.2) is 0 Å². The van der Waals surface area contributed by atoms with Crippen molar-refractivity contribution in [2.24, 2.45) is 5.73 Å². The fourth-order valence-electron chi connectivity index (χ4n) is 2.19. The van der Waals surface area contributed by atoms with Gasteiger partial charge < -0.3 is 15.7 Å². The van der Waals surface area contributed by atoms with Gasteiger partial charge in [-0.15, -0.1) is 0 Å². The van der Waals surface area contributed by atoms with Crippen LogP contribution in [0.25, 0.3) is 0 Å². The Morgan fingerprint density at radius 3 is 2.91 bits per heavy atom. The van der Waals surface area contributed by atoms with Crippen LogP contribution in [0.4, 0.5) is 0 Å². The normalized spacial score (nSPS) is 12.1. The molecule has 0 radical (unpaired) electrons. The first-order valence-electron chi connectivity index (χ1n) is 7.01. The Bertz CT molecular complexity index is 630. The van der Waals surface area contributed by atoms with Crippen molar-refractivity contribution in [2.75, 3.05) is 6.54 Å². The minimum atomic E-state index is -0.644. The summed E-state index contributed by atoms with van der Waals surface area (Å²) in [5, 5.41) is 16.5. The number of H-pyrrole nitrogens is 1. The number of phenols is 1. The van der Waals surface area contributed by atoms with Crippen molar-refractivity contribution in [1.82, 2.24) is 15.1 Å². The van der Waals surface area contributed by atoms with Crippen LogP contribution in [-0.4, -0.2) is 38.7 Å². The van der Waals surface area contributed by atoms with Gasteiger partial charge in [0.1, 0.15) is 5.75 Å². The van der Waals surface area contributed by atoms with E-state index in [4.69, 9.17) is 5.73 Å². The zero-order valence-electron chi connectivity index (χ0n) is 12.3. The number of benzene rings is 1. The molecule has 7 heteroatoms. The molecule has 4 N–H and O–H groups in total. The second-order valence-corrected chi connectivity index (χ2v) is 5.93. The SMILES string of the molecule is CCN(Cc1cc(Br)ccc1O)C(=O)C(N)Cc1ccn[nH]1. The average Bonchev–Trinajstić information content (AvgIpc) is 3.00. The molecular weight excluding hydrogens is 348 g/mol. The van der Waals surface area contributed by atoms with Crippen LogP contribution < -0.4 is 5.73 Å². The number of hydrogen-bond acceptors (Lipinski definition) is 4. The van der Waals surface area contributed by atoms with Crippen molar-refractivity contribution in [2.45, 2.75) is 25.9 Å². The summed E-state index contributed by atoms with van der Waals surface area (Å²) in [6.07, 6.45) is 2.03. The lowest BCUT2D eigenvalue weighted by Gasteiger charge is -2.24. The molecule has 0 saturated carbocycles. The first-order chi connectivity index (χ1) is 10.5. The molecule has 0 aliphatic heterocycles. The largest absolute Gasteiger partial charge is 0.508 e. The highest BCUT2D eigenvalue weighted by Crippen LogP contribution is 2.23. The number of hydrogen-bond donors (Lipinski definition) is 3. The van der Waals surface area contributed by atoms with Crippen molar-refractivity contribution in [1.29, 1.82) is 0 Å². The number of nitrogens with zero attached hydrogens (tertiary/aromatic N) is 2. The fourth-order valence-corrected chi connectivity index (χ4v) is 2.60. The van der Waals surface area contributed by atoms with E-state index in [0.29, 0.717) is 25.1 Å². The third-order valence-corrected chi connectivity index (χ3v) is 3.90. The molecule has 1 aromatic heterocycles. The highest BCUT2D eigenvalue weighted by atomic mass is 79.9. The van der Waals surface area contributed by atoms with Gasteiger partial charge in [0.25, 0.3) is 0 Å². The fraction of sp³-hybridized carbons (Fsp3) is 0.333. The van der Waals surface area contributed by atoms with Crippen LogP contribution in [0.1, 0.15) is 18.2 Å². The van der Waals surface area contributed by atoms with Crippen molar-refractivity contribution in [3.8, 4) is 5.75 Å². The number of halogens is 1. The summed E-state index contributed by atoms with van der Waals surface area (Å²) >= 11 is 3.36. The van der Waals surface area contributed by atoms with Crippen molar-refractivity contribution in [3.63, 3.8) is 0 Å². The summed E-state index contributed by atoms with van der Waals surface area (Å²) in [5.74, 6) is 0.00747. The standard InChI is InChI=1S/C15H19BrN4O2/c1-2-20(9-10-7-11(16)3-4-14(10)21)15(22)13(17)8-12-5-6-18-19-12/h3-7,13,21H,2,8-9,17H2,1H3,(H,18,19). The van der Waals surface area contributed by atoms with Gasteiger partial charge in [0.2, 0.25) is 5.91 Å². The van der Waals surface area contributed by atoms with Gasteiger partial charge in [-0.1, -0.05) is 15.9 Å². The highest BCUT2D eigenvalue weighted by Gasteiger charge is 2.21. The van der Waals surface area contributed by atoms with E-state index in [2.05, 4.69) is 26.1 Å². The number of nitrogens with two attached hydrogens (primary N) is 1. The monoisotopic (exact) mass is 366 g/mol. The first kappa shape index (κ1) is 16.5. The molecule has 0 bridgehead atoms. The molecule has 6 nitrogen and oxygen atoms in total. The number of aromatic nitrogens is 2. The van der Waals surface area contributed by atoms with Crippen LogP contribution in [0.5, 0.6) is 5.75 Å². The lowest BCUT2D eigenvalue weighted by Crippen LogP contribution is -2.44. The molecule has 0 fully saturated rings. The topological polar surface area (TPSA) is 95.2 Å². The van der Waals surface area contributed by atoms with Crippen LogP contribution in [-0.2, 0) is 17.8 Å². The summed E-state index contributed by atoms with van der Waals surface area (Å²) in [6.45, 7) is 2.72. The molecule has 22 heavy (non-hydrogen) atoms. The van der Waals surface area contributed by atoms with Gasteiger partial charge in [-0.2, -0.15) is 5.10 Å². The van der Waals surface area contributed by atoms with E-state index in [1.807, 2.05) is 6.92 Å². The predicted octanol–water partition coefficient (Wildman–Crippen LogP) is 1.80. The minimum absolute atomic E-state index is 0.156. The summed E-state index contributed by atoms with van der Waals surface area (Å²) < 4.78 is 0.852. The molecule has 1 amide bonds. The molecule has 2 rings (SSSR count). The third-order valence-electron chi connectivity index (χ3n) is 3.41. The predicted molar refractivity (Wildman–Crippen MR) is 87.2 cm³/mol. The van der Waals surface area contributed by atoms with Gasteiger partial charge in [0, 0.05) is 41.4 Å². The van der Waals surface area contributed by atoms with Gasteiger partial charge in [0.15, 0.2) is 0 Å². The smallest absolute Gasteiger partial charge is 0.240 e. The van der Waals surface area contributed by atoms with E-state index in [9.17, 15) is 9.90 Å². The molecule has 1 atom stereocenters. The number of aromatic amines is 1. The van der Waals surface area contributed by atoms with Crippen LogP contribution in [0.15, 0.2) is 34.9 Å². The van der Waals surface area contributed by atoms with Gasteiger partial charge in [-0.05, 0) is 31.2 Å². The molecule has 0 aliphatic rings. The molecule has 1 unspecified atom stereocenters. The second-order valence-electron chi connectivity index (χ2n) is 5.02. The Labute approximate surface area is 137 Å². The van der Waals surface area contributed by atoms with Crippen LogP contribution in [0.2, 0.25) is 0 Å². The van der Waals surface area contributed by atoms with Crippen molar-refractivity contribution in [3.05, 3.63) is 46.2 Å². The van der Waals surface area contributed by atoms with E-state index < -0.39 is 6.04 Å². The maximum absolute atomic E-state index is 12.5. The Balaban J connectivity index is 2.06. The number of phenolic OH excluding ortho intramolecular Hbond substituents is 1. The summed E-state index contributed by atoms with van der Waals surface area (Å²) in [5.41, 5.74) is 7.50. The summed E-state index contributed by atoms with van der Waals surface area (Å²) in [4.78, 5) is 14.1. The lowest BCUT2D eigenvalue weighted by atomic mass is 10.1. The number of likely N-dealkylation sites (N-methyl/N-ethyl adjacent to an activating group) is 1.